The van der Waals surface area contributed by atoms with Gasteiger partial charge in [0, 0.05) is 5.87 Å². The number of carbonyl (C=O) groups excluding carboxylic acids is 1. The summed E-state index contributed by atoms with van der Waals surface area (Å²) >= 11 is 0. The molecule has 0 spiro atoms. The Morgan fingerprint density at radius 3 is 2.69 bits per heavy atom. The molecule has 0 amide bonds. The highest BCUT2D eigenvalue weighted by Crippen LogP contribution is 2.08. The monoisotopic (exact) mass is 214 g/mol. The number of rotatable bonds is 3. The molecule has 1 aromatic rings. The molecule has 0 radical (unpaired) electrons. The van der Waals surface area contributed by atoms with Gasteiger partial charge >= 0.3 is 5.97 Å². The van der Waals surface area contributed by atoms with Gasteiger partial charge in [0.2, 0.25) is 0 Å². The molecule has 1 aromatic carbocycles. The smallest absolute Gasteiger partial charge is 0.358 e. The topological polar surface area (TPSA) is 62.4 Å². The van der Waals surface area contributed by atoms with Crippen LogP contribution >= 0.6 is 0 Å². The summed E-state index contributed by atoms with van der Waals surface area (Å²) in [7, 11) is 0. The minimum Gasteiger partial charge on any atom is -0.461 e. The summed E-state index contributed by atoms with van der Waals surface area (Å²) in [6.07, 6.45) is 0. The maximum Gasteiger partial charge on any atom is 0.358 e. The first-order chi connectivity index (χ1) is 7.77. The van der Waals surface area contributed by atoms with Crippen LogP contribution < -0.4 is 0 Å². The Hall–Kier alpha value is -2.37. The van der Waals surface area contributed by atoms with Crippen LogP contribution in [0.2, 0.25) is 0 Å². The van der Waals surface area contributed by atoms with Crippen molar-refractivity contribution in [2.24, 2.45) is 4.99 Å². The molecule has 0 aliphatic rings. The predicted molar refractivity (Wildman–Crippen MR) is 59.3 cm³/mol. The molecule has 0 saturated heterocycles. The second kappa shape index (κ2) is 6.18. The zero-order valence-electron chi connectivity index (χ0n) is 8.80. The van der Waals surface area contributed by atoms with Crippen molar-refractivity contribution < 1.29 is 9.53 Å². The minimum atomic E-state index is -0.704. The average molecular weight is 214 g/mol. The van der Waals surface area contributed by atoms with Crippen molar-refractivity contribution >= 4 is 17.5 Å². The lowest BCUT2D eigenvalue weighted by molar-refractivity contribution is -0.137. The Kier molecular flexibility index (Phi) is 4.52. The Morgan fingerprint density at radius 2 is 2.12 bits per heavy atom. The molecule has 0 N–H and O–H groups in total. The first-order valence-corrected chi connectivity index (χ1v) is 4.74. The van der Waals surface area contributed by atoms with E-state index in [0.717, 1.165) is 0 Å². The molecule has 1 rings (SSSR count). The van der Waals surface area contributed by atoms with E-state index in [1.807, 2.05) is 6.07 Å². The standard InChI is InChI=1S/C12H10N2O2/c1-2-16-12(15)10(8-13)9-14-11-6-4-3-5-7-11/h3-7H,2H2,1H3. The highest BCUT2D eigenvalue weighted by atomic mass is 16.5. The van der Waals surface area contributed by atoms with Crippen molar-refractivity contribution in [1.82, 2.24) is 0 Å². The van der Waals surface area contributed by atoms with Gasteiger partial charge in [0.05, 0.1) is 12.3 Å². The van der Waals surface area contributed by atoms with Crippen LogP contribution in [0.5, 0.6) is 0 Å². The van der Waals surface area contributed by atoms with E-state index in [2.05, 4.69) is 15.6 Å². The van der Waals surface area contributed by atoms with Crippen LogP contribution in [0.3, 0.4) is 0 Å². The van der Waals surface area contributed by atoms with E-state index >= 15 is 0 Å². The van der Waals surface area contributed by atoms with Gasteiger partial charge in [-0.25, -0.2) is 9.79 Å². The van der Waals surface area contributed by atoms with E-state index in [1.165, 1.54) is 0 Å². The molecule has 0 saturated carbocycles. The SMILES string of the molecule is CCOC(=O)C(=C=Nc1ccccc1)C#N. The van der Waals surface area contributed by atoms with Gasteiger partial charge in [0.25, 0.3) is 0 Å². The first kappa shape index (κ1) is 11.7. The summed E-state index contributed by atoms with van der Waals surface area (Å²) in [6.45, 7) is 1.89. The fraction of sp³-hybridized carbons (Fsp3) is 0.167. The van der Waals surface area contributed by atoms with Crippen LogP contribution in [0.4, 0.5) is 5.69 Å². The van der Waals surface area contributed by atoms with Crippen LogP contribution in [-0.4, -0.2) is 18.4 Å². The normalized spacial score (nSPS) is 8.50. The fourth-order valence-electron chi connectivity index (χ4n) is 0.943. The number of nitriles is 1. The van der Waals surface area contributed by atoms with Crippen molar-refractivity contribution in [3.8, 4) is 6.07 Å². The second-order valence-electron chi connectivity index (χ2n) is 2.77. The van der Waals surface area contributed by atoms with Gasteiger partial charge in [-0.05, 0) is 19.1 Å². The van der Waals surface area contributed by atoms with E-state index in [9.17, 15) is 4.79 Å². The van der Waals surface area contributed by atoms with E-state index in [0.29, 0.717) is 5.69 Å². The maximum atomic E-state index is 11.2. The maximum absolute atomic E-state index is 11.2. The van der Waals surface area contributed by atoms with Gasteiger partial charge in [-0.3, -0.25) is 0 Å². The first-order valence-electron chi connectivity index (χ1n) is 4.74. The zero-order chi connectivity index (χ0) is 11.8. The Bertz CT molecular complexity index is 466. The molecular weight excluding hydrogens is 204 g/mol. The third kappa shape index (κ3) is 3.41. The van der Waals surface area contributed by atoms with Crippen molar-refractivity contribution in [1.29, 1.82) is 5.26 Å². The summed E-state index contributed by atoms with van der Waals surface area (Å²) in [4.78, 5) is 15.1. The van der Waals surface area contributed by atoms with Gasteiger partial charge < -0.3 is 4.74 Å². The lowest BCUT2D eigenvalue weighted by Crippen LogP contribution is -2.06. The highest BCUT2D eigenvalue weighted by molar-refractivity contribution is 6.02. The second-order valence-corrected chi connectivity index (χ2v) is 2.77. The van der Waals surface area contributed by atoms with Crippen molar-refractivity contribution in [2.75, 3.05) is 6.61 Å². The van der Waals surface area contributed by atoms with Gasteiger partial charge in [-0.1, -0.05) is 18.2 Å². The third-order valence-corrected chi connectivity index (χ3v) is 1.64. The third-order valence-electron chi connectivity index (χ3n) is 1.64. The van der Waals surface area contributed by atoms with Crippen molar-refractivity contribution in [2.45, 2.75) is 6.92 Å². The largest absolute Gasteiger partial charge is 0.461 e. The summed E-state index contributed by atoms with van der Waals surface area (Å²) in [5.74, 6) is 1.67. The molecule has 0 heterocycles. The molecule has 0 fully saturated rings. The molecule has 0 unspecified atom stereocenters. The molecule has 0 aliphatic carbocycles. The molecule has 0 bridgehead atoms. The number of aliphatic imine (C=N–C) groups is 1. The number of nitrogens with zero attached hydrogens (tertiary/aromatic N) is 2. The number of carbonyl (C=O) groups is 1. The Labute approximate surface area is 93.5 Å². The summed E-state index contributed by atoms with van der Waals surface area (Å²) in [6, 6.07) is 10.6. The number of hydrogen-bond acceptors (Lipinski definition) is 4. The number of hydrogen-bond donors (Lipinski definition) is 0. The predicted octanol–water partition coefficient (Wildman–Crippen LogP) is 2.00. The minimum absolute atomic E-state index is 0.219. The van der Waals surface area contributed by atoms with Crippen LogP contribution in [0, 0.1) is 11.3 Å². The highest BCUT2D eigenvalue weighted by Gasteiger charge is 2.08. The molecular formula is C12H10N2O2. The summed E-state index contributed by atoms with van der Waals surface area (Å²) < 4.78 is 4.66. The lowest BCUT2D eigenvalue weighted by atomic mass is 10.3. The summed E-state index contributed by atoms with van der Waals surface area (Å²) in [5, 5.41) is 8.69. The van der Waals surface area contributed by atoms with Gasteiger partial charge in [-0.15, -0.1) is 0 Å². The summed E-state index contributed by atoms with van der Waals surface area (Å²) in [5.41, 5.74) is 0.394. The molecule has 4 nitrogen and oxygen atoms in total. The van der Waals surface area contributed by atoms with Gasteiger partial charge in [0.1, 0.15) is 6.07 Å². The van der Waals surface area contributed by atoms with E-state index in [1.54, 1.807) is 37.3 Å². The molecule has 80 valence electrons. The molecule has 4 heteroatoms. The van der Waals surface area contributed by atoms with E-state index in [4.69, 9.17) is 5.26 Å². The van der Waals surface area contributed by atoms with Crippen molar-refractivity contribution in [3.05, 3.63) is 35.9 Å². The number of ether oxygens (including phenoxy) is 1. The van der Waals surface area contributed by atoms with Crippen molar-refractivity contribution in [3.63, 3.8) is 0 Å². The average Bonchev–Trinajstić information content (AvgIpc) is 2.31. The quantitative estimate of drug-likeness (QED) is 0.334. The van der Waals surface area contributed by atoms with E-state index < -0.39 is 5.97 Å². The number of esters is 1. The van der Waals surface area contributed by atoms with Crippen LogP contribution in [0.1, 0.15) is 6.92 Å². The van der Waals surface area contributed by atoms with Gasteiger partial charge in [-0.2, -0.15) is 5.26 Å². The number of benzene rings is 1. The van der Waals surface area contributed by atoms with Crippen LogP contribution in [-0.2, 0) is 9.53 Å². The van der Waals surface area contributed by atoms with E-state index in [-0.39, 0.29) is 12.2 Å². The van der Waals surface area contributed by atoms with Gasteiger partial charge in [0.15, 0.2) is 5.57 Å². The molecule has 0 aliphatic heterocycles. The fourth-order valence-corrected chi connectivity index (χ4v) is 0.943. The Morgan fingerprint density at radius 1 is 1.44 bits per heavy atom. The number of para-hydroxylation sites is 1. The Balaban J connectivity index is 2.93. The molecule has 16 heavy (non-hydrogen) atoms. The van der Waals surface area contributed by atoms with Crippen LogP contribution in [0.15, 0.2) is 40.9 Å². The zero-order valence-corrected chi connectivity index (χ0v) is 8.80. The molecule has 0 atom stereocenters. The molecule has 0 aromatic heterocycles. The van der Waals surface area contributed by atoms with Crippen LogP contribution in [0.25, 0.3) is 0 Å². The lowest BCUT2D eigenvalue weighted by Gasteiger charge is -1.95.